The third kappa shape index (κ3) is 4.04. The summed E-state index contributed by atoms with van der Waals surface area (Å²) in [5.41, 5.74) is 1.34. The molecule has 0 fully saturated rings. The summed E-state index contributed by atoms with van der Waals surface area (Å²) in [4.78, 5) is 4.29. The van der Waals surface area contributed by atoms with Crippen LogP contribution < -0.4 is 5.32 Å². The van der Waals surface area contributed by atoms with Gasteiger partial charge in [-0.1, -0.05) is 13.3 Å². The highest BCUT2D eigenvalue weighted by molar-refractivity contribution is 5.03. The molecule has 0 aliphatic heterocycles. The van der Waals surface area contributed by atoms with Gasteiger partial charge in [-0.3, -0.25) is 0 Å². The average Bonchev–Trinajstić information content (AvgIpc) is 2.54. The van der Waals surface area contributed by atoms with E-state index in [1.165, 1.54) is 25.0 Å². The van der Waals surface area contributed by atoms with Crippen LogP contribution in [0.15, 0.2) is 6.20 Å². The zero-order chi connectivity index (χ0) is 11.1. The zero-order valence-corrected chi connectivity index (χ0v) is 10.2. The molecule has 0 aliphatic carbocycles. The predicted molar refractivity (Wildman–Crippen MR) is 64.0 cm³/mol. The van der Waals surface area contributed by atoms with Crippen LogP contribution in [0.5, 0.6) is 0 Å². The van der Waals surface area contributed by atoms with E-state index in [0.29, 0.717) is 0 Å². The number of aryl methyl sites for hydroxylation is 2. The van der Waals surface area contributed by atoms with Gasteiger partial charge in [0.05, 0.1) is 0 Å². The van der Waals surface area contributed by atoms with Gasteiger partial charge < -0.3 is 9.88 Å². The van der Waals surface area contributed by atoms with Gasteiger partial charge >= 0.3 is 0 Å². The Balaban J connectivity index is 2.12. The van der Waals surface area contributed by atoms with Crippen molar-refractivity contribution in [3.05, 3.63) is 17.7 Å². The topological polar surface area (TPSA) is 29.9 Å². The molecule has 0 atom stereocenters. The van der Waals surface area contributed by atoms with Crippen molar-refractivity contribution < 1.29 is 0 Å². The predicted octanol–water partition coefficient (Wildman–Crippen LogP) is 2.05. The summed E-state index contributed by atoms with van der Waals surface area (Å²) in [6.45, 7) is 6.54. The fourth-order valence-electron chi connectivity index (χ4n) is 1.60. The molecule has 0 saturated heterocycles. The quantitative estimate of drug-likeness (QED) is 0.697. The molecule has 1 rings (SSSR count). The van der Waals surface area contributed by atoms with E-state index in [0.717, 1.165) is 25.3 Å². The van der Waals surface area contributed by atoms with E-state index in [-0.39, 0.29) is 0 Å². The van der Waals surface area contributed by atoms with Crippen LogP contribution in [0, 0.1) is 6.92 Å². The molecule has 1 aromatic heterocycles. The third-order valence-electron chi connectivity index (χ3n) is 2.81. The minimum Gasteiger partial charge on any atom is -0.335 e. The van der Waals surface area contributed by atoms with E-state index < -0.39 is 0 Å². The van der Waals surface area contributed by atoms with Crippen molar-refractivity contribution in [3.8, 4) is 0 Å². The normalized spacial score (nSPS) is 10.9. The summed E-state index contributed by atoms with van der Waals surface area (Å²) < 4.78 is 2.17. The van der Waals surface area contributed by atoms with Crippen molar-refractivity contribution >= 4 is 0 Å². The number of hydrogen-bond donors (Lipinski definition) is 1. The first-order valence-electron chi connectivity index (χ1n) is 5.93. The highest BCUT2D eigenvalue weighted by atomic mass is 15.0. The summed E-state index contributed by atoms with van der Waals surface area (Å²) >= 11 is 0. The van der Waals surface area contributed by atoms with Gasteiger partial charge in [-0.25, -0.2) is 4.98 Å². The van der Waals surface area contributed by atoms with Gasteiger partial charge in [0.25, 0.3) is 0 Å². The molecule has 1 N–H and O–H groups in total. The minimum absolute atomic E-state index is 1.10. The Morgan fingerprint density at radius 2 is 2.07 bits per heavy atom. The van der Waals surface area contributed by atoms with Crippen molar-refractivity contribution in [1.29, 1.82) is 0 Å². The summed E-state index contributed by atoms with van der Waals surface area (Å²) in [6, 6.07) is 0. The van der Waals surface area contributed by atoms with E-state index in [9.17, 15) is 0 Å². The Bertz CT molecular complexity index is 278. The molecule has 15 heavy (non-hydrogen) atoms. The highest BCUT2D eigenvalue weighted by Gasteiger charge is 2.01. The molecule has 0 aliphatic rings. The van der Waals surface area contributed by atoms with Gasteiger partial charge in [0.15, 0.2) is 0 Å². The van der Waals surface area contributed by atoms with Gasteiger partial charge in [0.1, 0.15) is 5.82 Å². The second-order valence-corrected chi connectivity index (χ2v) is 4.06. The molecular weight excluding hydrogens is 186 g/mol. The van der Waals surface area contributed by atoms with Gasteiger partial charge in [0, 0.05) is 18.9 Å². The first-order chi connectivity index (χ1) is 7.25. The van der Waals surface area contributed by atoms with Gasteiger partial charge in [-0.05, 0) is 39.3 Å². The fraction of sp³-hybridized carbons (Fsp3) is 0.750. The molecule has 0 saturated carbocycles. The third-order valence-corrected chi connectivity index (χ3v) is 2.81. The van der Waals surface area contributed by atoms with Crippen LogP contribution in [0.2, 0.25) is 0 Å². The van der Waals surface area contributed by atoms with E-state index >= 15 is 0 Å². The number of aromatic nitrogens is 2. The SMILES string of the molecule is CCCCNCCCc1cnc(C)n1C. The Morgan fingerprint density at radius 3 is 2.67 bits per heavy atom. The van der Waals surface area contributed by atoms with Crippen LogP contribution in [0.4, 0.5) is 0 Å². The molecule has 1 heterocycles. The lowest BCUT2D eigenvalue weighted by Crippen LogP contribution is -2.17. The molecule has 0 radical (unpaired) electrons. The van der Waals surface area contributed by atoms with Crippen molar-refractivity contribution in [2.24, 2.45) is 7.05 Å². The lowest BCUT2D eigenvalue weighted by atomic mass is 10.2. The van der Waals surface area contributed by atoms with E-state index in [2.05, 4.69) is 28.8 Å². The van der Waals surface area contributed by atoms with Crippen LogP contribution in [-0.4, -0.2) is 22.6 Å². The number of nitrogens with one attached hydrogen (secondary N) is 1. The summed E-state index contributed by atoms with van der Waals surface area (Å²) in [5, 5.41) is 3.45. The number of imidazole rings is 1. The van der Waals surface area contributed by atoms with Crippen LogP contribution in [0.25, 0.3) is 0 Å². The maximum atomic E-state index is 4.29. The highest BCUT2D eigenvalue weighted by Crippen LogP contribution is 2.04. The Kier molecular flexibility index (Phi) is 5.40. The summed E-state index contributed by atoms with van der Waals surface area (Å²) in [5.74, 6) is 1.10. The molecule has 0 unspecified atom stereocenters. The van der Waals surface area contributed by atoms with Crippen molar-refractivity contribution in [2.45, 2.75) is 39.5 Å². The molecule has 3 nitrogen and oxygen atoms in total. The van der Waals surface area contributed by atoms with Crippen molar-refractivity contribution in [1.82, 2.24) is 14.9 Å². The van der Waals surface area contributed by atoms with Crippen LogP contribution in [0.3, 0.4) is 0 Å². The second-order valence-electron chi connectivity index (χ2n) is 4.06. The van der Waals surface area contributed by atoms with E-state index in [1.807, 2.05) is 13.1 Å². The molecule has 1 aromatic rings. The van der Waals surface area contributed by atoms with Gasteiger partial charge in [-0.15, -0.1) is 0 Å². The molecule has 0 spiro atoms. The Labute approximate surface area is 92.9 Å². The first kappa shape index (κ1) is 12.2. The average molecular weight is 209 g/mol. The van der Waals surface area contributed by atoms with E-state index in [4.69, 9.17) is 0 Å². The Hall–Kier alpha value is -0.830. The standard InChI is InChI=1S/C12H23N3/c1-4-5-8-13-9-6-7-12-10-14-11(2)15(12)3/h10,13H,4-9H2,1-3H3. The van der Waals surface area contributed by atoms with E-state index in [1.54, 1.807) is 0 Å². The van der Waals surface area contributed by atoms with Crippen LogP contribution in [-0.2, 0) is 13.5 Å². The monoisotopic (exact) mass is 209 g/mol. The fourth-order valence-corrected chi connectivity index (χ4v) is 1.60. The van der Waals surface area contributed by atoms with Gasteiger partial charge in [0.2, 0.25) is 0 Å². The van der Waals surface area contributed by atoms with Crippen LogP contribution in [0.1, 0.15) is 37.7 Å². The maximum absolute atomic E-state index is 4.29. The summed E-state index contributed by atoms with van der Waals surface area (Å²) in [6.07, 6.45) is 6.86. The molecular formula is C12H23N3. The molecule has 3 heteroatoms. The molecule has 0 bridgehead atoms. The maximum Gasteiger partial charge on any atom is 0.105 e. The molecule has 0 amide bonds. The smallest absolute Gasteiger partial charge is 0.105 e. The minimum atomic E-state index is 1.10. The number of rotatable bonds is 7. The van der Waals surface area contributed by atoms with Crippen molar-refractivity contribution in [2.75, 3.05) is 13.1 Å². The number of unbranched alkanes of at least 4 members (excludes halogenated alkanes) is 1. The second kappa shape index (κ2) is 6.62. The summed E-state index contributed by atoms with van der Waals surface area (Å²) in [7, 11) is 2.09. The molecule has 0 aromatic carbocycles. The lowest BCUT2D eigenvalue weighted by Gasteiger charge is -2.05. The Morgan fingerprint density at radius 1 is 1.33 bits per heavy atom. The number of hydrogen-bond acceptors (Lipinski definition) is 2. The first-order valence-corrected chi connectivity index (χ1v) is 5.93. The molecule has 86 valence electrons. The van der Waals surface area contributed by atoms with Gasteiger partial charge in [-0.2, -0.15) is 0 Å². The number of nitrogens with zero attached hydrogens (tertiary/aromatic N) is 2. The zero-order valence-electron chi connectivity index (χ0n) is 10.2. The lowest BCUT2D eigenvalue weighted by molar-refractivity contribution is 0.608. The van der Waals surface area contributed by atoms with Crippen molar-refractivity contribution in [3.63, 3.8) is 0 Å². The largest absolute Gasteiger partial charge is 0.335 e. The van der Waals surface area contributed by atoms with Crippen LogP contribution >= 0.6 is 0 Å².